The second kappa shape index (κ2) is 8.31. The predicted octanol–water partition coefficient (Wildman–Crippen LogP) is 1.65. The molecule has 2 N–H and O–H groups in total. The predicted molar refractivity (Wildman–Crippen MR) is 71.2 cm³/mol. The number of unbranched alkanes of at least 4 members (excludes halogenated alkanes) is 1. The number of esters is 1. The van der Waals surface area contributed by atoms with Crippen LogP contribution in [0.4, 0.5) is 5.69 Å². The van der Waals surface area contributed by atoms with Crippen molar-refractivity contribution in [3.05, 3.63) is 17.8 Å². The molecule has 6 heteroatoms. The Morgan fingerprint density at radius 3 is 2.79 bits per heavy atom. The zero-order valence-electron chi connectivity index (χ0n) is 11.3. The number of nitrogen functional groups attached to an aromatic ring is 1. The number of pyridine rings is 1. The summed E-state index contributed by atoms with van der Waals surface area (Å²) in [6.07, 6.45) is 3.51. The fourth-order valence-electron chi connectivity index (χ4n) is 1.37. The highest BCUT2D eigenvalue weighted by molar-refractivity contribution is 5.90. The summed E-state index contributed by atoms with van der Waals surface area (Å²) < 4.78 is 15.3. The van der Waals surface area contributed by atoms with Crippen LogP contribution in [0.3, 0.4) is 0 Å². The van der Waals surface area contributed by atoms with Gasteiger partial charge in [-0.25, -0.2) is 9.78 Å². The van der Waals surface area contributed by atoms with E-state index in [1.165, 1.54) is 19.4 Å². The van der Waals surface area contributed by atoms with E-state index in [1.54, 1.807) is 0 Å². The van der Waals surface area contributed by atoms with Gasteiger partial charge >= 0.3 is 5.97 Å². The van der Waals surface area contributed by atoms with E-state index in [4.69, 9.17) is 15.2 Å². The zero-order chi connectivity index (χ0) is 14.1. The van der Waals surface area contributed by atoms with E-state index in [9.17, 15) is 4.79 Å². The largest absolute Gasteiger partial charge is 0.474 e. The summed E-state index contributed by atoms with van der Waals surface area (Å²) in [6, 6.07) is 1.48. The number of carbonyl (C=O) groups excluding carboxylic acids is 1. The van der Waals surface area contributed by atoms with Crippen LogP contribution in [0.5, 0.6) is 5.88 Å². The molecule has 1 aromatic rings. The van der Waals surface area contributed by atoms with Crippen LogP contribution in [0.25, 0.3) is 0 Å². The maximum atomic E-state index is 11.3. The monoisotopic (exact) mass is 268 g/mol. The summed E-state index contributed by atoms with van der Waals surface area (Å²) in [7, 11) is 1.30. The summed E-state index contributed by atoms with van der Waals surface area (Å²) >= 11 is 0. The number of nitrogens with two attached hydrogens (primary N) is 1. The Kier molecular flexibility index (Phi) is 6.67. The molecule has 0 aliphatic heterocycles. The van der Waals surface area contributed by atoms with E-state index in [2.05, 4.69) is 16.6 Å². The van der Waals surface area contributed by atoms with Crippen molar-refractivity contribution >= 4 is 11.7 Å². The summed E-state index contributed by atoms with van der Waals surface area (Å²) in [4.78, 5) is 15.2. The molecule has 6 nitrogen and oxygen atoms in total. The normalized spacial score (nSPS) is 10.2. The number of nitrogens with zero attached hydrogens (tertiary/aromatic N) is 1. The Bertz CT molecular complexity index is 410. The maximum absolute atomic E-state index is 11.3. The highest BCUT2D eigenvalue weighted by atomic mass is 16.5. The van der Waals surface area contributed by atoms with Gasteiger partial charge in [-0.2, -0.15) is 0 Å². The highest BCUT2D eigenvalue weighted by Crippen LogP contribution is 2.19. The average Bonchev–Trinajstić information content (AvgIpc) is 2.43. The van der Waals surface area contributed by atoms with Gasteiger partial charge in [0.2, 0.25) is 5.88 Å². The first-order valence-electron chi connectivity index (χ1n) is 6.23. The molecule has 0 spiro atoms. The van der Waals surface area contributed by atoms with Gasteiger partial charge in [0.1, 0.15) is 6.61 Å². The van der Waals surface area contributed by atoms with Crippen LogP contribution in [-0.4, -0.2) is 37.9 Å². The van der Waals surface area contributed by atoms with Crippen molar-refractivity contribution in [1.82, 2.24) is 4.98 Å². The quantitative estimate of drug-likeness (QED) is 0.570. The van der Waals surface area contributed by atoms with Gasteiger partial charge in [-0.15, -0.1) is 0 Å². The van der Waals surface area contributed by atoms with Crippen molar-refractivity contribution in [3.63, 3.8) is 0 Å². The first-order valence-corrected chi connectivity index (χ1v) is 6.23. The number of aromatic nitrogens is 1. The third-order valence-electron chi connectivity index (χ3n) is 2.41. The second-order valence-electron chi connectivity index (χ2n) is 3.92. The van der Waals surface area contributed by atoms with E-state index in [1.807, 2.05) is 0 Å². The van der Waals surface area contributed by atoms with Crippen LogP contribution in [0.1, 0.15) is 30.1 Å². The molecule has 0 saturated heterocycles. The summed E-state index contributed by atoms with van der Waals surface area (Å²) in [5.74, 6) is -0.180. The van der Waals surface area contributed by atoms with Gasteiger partial charge in [0.05, 0.1) is 25.0 Å². The fraction of sp³-hybridized carbons (Fsp3) is 0.538. The number of hydrogen-bond acceptors (Lipinski definition) is 6. The van der Waals surface area contributed by atoms with Gasteiger partial charge in [0, 0.05) is 12.8 Å². The first kappa shape index (κ1) is 15.2. The molecule has 0 radical (unpaired) electrons. The van der Waals surface area contributed by atoms with E-state index >= 15 is 0 Å². The van der Waals surface area contributed by atoms with Crippen LogP contribution < -0.4 is 10.5 Å². The Balaban J connectivity index is 2.40. The number of ether oxygens (including phenoxy) is 3. The summed E-state index contributed by atoms with van der Waals surface area (Å²) in [5, 5.41) is 0. The van der Waals surface area contributed by atoms with Crippen LogP contribution >= 0.6 is 0 Å². The summed E-state index contributed by atoms with van der Waals surface area (Å²) in [6.45, 7) is 3.69. The Morgan fingerprint density at radius 2 is 2.16 bits per heavy atom. The van der Waals surface area contributed by atoms with Gasteiger partial charge in [-0.1, -0.05) is 13.3 Å². The molecule has 19 heavy (non-hydrogen) atoms. The third kappa shape index (κ3) is 5.13. The lowest BCUT2D eigenvalue weighted by molar-refractivity contribution is 0.0600. The van der Waals surface area contributed by atoms with Crippen molar-refractivity contribution in [2.45, 2.75) is 19.8 Å². The molecule has 0 unspecified atom stereocenters. The molecule has 0 bridgehead atoms. The van der Waals surface area contributed by atoms with E-state index in [0.29, 0.717) is 30.3 Å². The molecule has 0 amide bonds. The number of hydrogen-bond donors (Lipinski definition) is 1. The lowest BCUT2D eigenvalue weighted by Crippen LogP contribution is -2.10. The molecule has 106 valence electrons. The van der Waals surface area contributed by atoms with Crippen molar-refractivity contribution in [3.8, 4) is 5.88 Å². The Labute approximate surface area is 112 Å². The van der Waals surface area contributed by atoms with Crippen molar-refractivity contribution in [1.29, 1.82) is 0 Å². The van der Waals surface area contributed by atoms with Crippen molar-refractivity contribution in [2.75, 3.05) is 32.7 Å². The van der Waals surface area contributed by atoms with Crippen LogP contribution in [0, 0.1) is 0 Å². The van der Waals surface area contributed by atoms with Gasteiger partial charge < -0.3 is 19.9 Å². The topological polar surface area (TPSA) is 83.7 Å². The van der Waals surface area contributed by atoms with Crippen LogP contribution in [0.15, 0.2) is 12.3 Å². The molecule has 1 heterocycles. The molecule has 0 aliphatic rings. The Hall–Kier alpha value is -1.82. The lowest BCUT2D eigenvalue weighted by Gasteiger charge is -2.09. The molecule has 1 rings (SSSR count). The van der Waals surface area contributed by atoms with Gasteiger partial charge in [-0.05, 0) is 12.5 Å². The van der Waals surface area contributed by atoms with Crippen LogP contribution in [-0.2, 0) is 9.47 Å². The molecule has 0 saturated carbocycles. The average molecular weight is 268 g/mol. The number of rotatable bonds is 8. The molecule has 1 aromatic heterocycles. The van der Waals surface area contributed by atoms with E-state index in [-0.39, 0.29) is 0 Å². The van der Waals surface area contributed by atoms with Crippen molar-refractivity contribution < 1.29 is 19.0 Å². The van der Waals surface area contributed by atoms with E-state index < -0.39 is 5.97 Å². The minimum Gasteiger partial charge on any atom is -0.474 e. The second-order valence-corrected chi connectivity index (χ2v) is 3.92. The standard InChI is InChI=1S/C13H20N2O4/c1-3-4-5-18-6-7-19-12-11(14)8-10(9-15-12)13(16)17-2/h8-9H,3-7,14H2,1-2H3. The molecule has 0 fully saturated rings. The van der Waals surface area contributed by atoms with E-state index in [0.717, 1.165) is 19.4 Å². The molecule has 0 aliphatic carbocycles. The highest BCUT2D eigenvalue weighted by Gasteiger charge is 2.10. The smallest absolute Gasteiger partial charge is 0.339 e. The lowest BCUT2D eigenvalue weighted by atomic mass is 10.2. The summed E-state index contributed by atoms with van der Waals surface area (Å²) in [5.41, 5.74) is 6.34. The minimum absolute atomic E-state index is 0.298. The first-order chi connectivity index (χ1) is 9.19. The number of anilines is 1. The molecule has 0 aromatic carbocycles. The van der Waals surface area contributed by atoms with Gasteiger partial charge in [0.25, 0.3) is 0 Å². The molecule has 0 atom stereocenters. The third-order valence-corrected chi connectivity index (χ3v) is 2.41. The molecular weight excluding hydrogens is 248 g/mol. The van der Waals surface area contributed by atoms with Gasteiger partial charge in [0.15, 0.2) is 0 Å². The number of methoxy groups -OCH3 is 1. The minimum atomic E-state index is -0.478. The van der Waals surface area contributed by atoms with Crippen LogP contribution in [0.2, 0.25) is 0 Å². The molecular formula is C13H20N2O4. The van der Waals surface area contributed by atoms with Gasteiger partial charge in [-0.3, -0.25) is 0 Å². The maximum Gasteiger partial charge on any atom is 0.339 e. The van der Waals surface area contributed by atoms with Crippen molar-refractivity contribution in [2.24, 2.45) is 0 Å². The fourth-order valence-corrected chi connectivity index (χ4v) is 1.37. The number of carbonyl (C=O) groups is 1. The SMILES string of the molecule is CCCCOCCOc1ncc(C(=O)OC)cc1N. The Morgan fingerprint density at radius 1 is 1.37 bits per heavy atom. The zero-order valence-corrected chi connectivity index (χ0v) is 11.3.